The first-order valence-corrected chi connectivity index (χ1v) is 9.71. The first-order chi connectivity index (χ1) is 13.5. The number of hydrogen-bond acceptors (Lipinski definition) is 5. The topological polar surface area (TPSA) is 79.6 Å². The quantitative estimate of drug-likeness (QED) is 0.503. The molecule has 0 bridgehead atoms. The van der Waals surface area contributed by atoms with E-state index in [-0.39, 0.29) is 18.1 Å². The molecule has 1 aliphatic rings. The summed E-state index contributed by atoms with van der Waals surface area (Å²) in [5, 5.41) is 9.10. The molecule has 1 atom stereocenters. The van der Waals surface area contributed by atoms with Crippen LogP contribution in [0, 0.1) is 17.2 Å². The molecule has 0 aromatic heterocycles. The Labute approximate surface area is 171 Å². The maximum absolute atomic E-state index is 12.7. The third-order valence-electron chi connectivity index (χ3n) is 4.41. The number of carbonyl (C=O) groups is 2. The van der Waals surface area contributed by atoms with E-state index in [0.717, 1.165) is 5.56 Å². The van der Waals surface area contributed by atoms with Crippen LogP contribution in [-0.2, 0) is 16.1 Å². The monoisotopic (exact) mass is 442 g/mol. The van der Waals surface area contributed by atoms with Crippen molar-refractivity contribution in [3.05, 3.63) is 58.1 Å². The second-order valence-corrected chi connectivity index (χ2v) is 7.27. The lowest BCUT2D eigenvalue weighted by Crippen LogP contribution is -2.27. The Morgan fingerprint density at radius 3 is 2.75 bits per heavy atom. The summed E-state index contributed by atoms with van der Waals surface area (Å²) in [5.74, 6) is -0.578. The fraction of sp³-hybridized carbons (Fsp3) is 0.286. The first-order valence-electron chi connectivity index (χ1n) is 8.91. The van der Waals surface area contributed by atoms with Crippen LogP contribution in [-0.4, -0.2) is 29.9 Å². The molecule has 2 aromatic carbocycles. The van der Waals surface area contributed by atoms with Gasteiger partial charge in [-0.25, -0.2) is 0 Å². The highest BCUT2D eigenvalue weighted by molar-refractivity contribution is 9.10. The van der Waals surface area contributed by atoms with Crippen LogP contribution in [0.4, 0.5) is 0 Å². The van der Waals surface area contributed by atoms with Gasteiger partial charge in [-0.1, -0.05) is 30.3 Å². The molecular weight excluding hydrogens is 424 g/mol. The SMILES string of the molecule is CCOc1cc(C#N)cc(Br)c1OC(=O)[C@H]1CC(=O)N(Cc2ccccc2)C1. The molecular formula is C21H19BrN2O4. The number of carbonyl (C=O) groups excluding carboxylic acids is 2. The summed E-state index contributed by atoms with van der Waals surface area (Å²) in [5.41, 5.74) is 1.40. The van der Waals surface area contributed by atoms with E-state index in [1.54, 1.807) is 17.9 Å². The summed E-state index contributed by atoms with van der Waals surface area (Å²) in [6.07, 6.45) is 0.115. The fourth-order valence-electron chi connectivity index (χ4n) is 3.07. The Balaban J connectivity index is 1.72. The van der Waals surface area contributed by atoms with E-state index in [9.17, 15) is 9.59 Å². The predicted octanol–water partition coefficient (Wildman–Crippen LogP) is 3.67. The summed E-state index contributed by atoms with van der Waals surface area (Å²) in [6, 6.07) is 14.8. The zero-order chi connectivity index (χ0) is 20.1. The molecule has 3 rings (SSSR count). The molecule has 0 saturated carbocycles. The number of esters is 1. The number of rotatable bonds is 6. The highest BCUT2D eigenvalue weighted by Gasteiger charge is 2.36. The lowest BCUT2D eigenvalue weighted by atomic mass is 10.1. The molecule has 7 heteroatoms. The minimum atomic E-state index is -0.548. The van der Waals surface area contributed by atoms with Crippen molar-refractivity contribution in [1.82, 2.24) is 4.90 Å². The lowest BCUT2D eigenvalue weighted by Gasteiger charge is -2.17. The lowest BCUT2D eigenvalue weighted by molar-refractivity contribution is -0.139. The minimum absolute atomic E-state index is 0.0743. The maximum Gasteiger partial charge on any atom is 0.316 e. The van der Waals surface area contributed by atoms with E-state index >= 15 is 0 Å². The molecule has 144 valence electrons. The summed E-state index contributed by atoms with van der Waals surface area (Å²) in [7, 11) is 0. The highest BCUT2D eigenvalue weighted by atomic mass is 79.9. The summed E-state index contributed by atoms with van der Waals surface area (Å²) >= 11 is 3.33. The van der Waals surface area contributed by atoms with E-state index in [2.05, 4.69) is 15.9 Å². The Kier molecular flexibility index (Phi) is 6.32. The van der Waals surface area contributed by atoms with Crippen molar-refractivity contribution in [3.8, 4) is 17.6 Å². The number of nitrogens with zero attached hydrogens (tertiary/aromatic N) is 2. The van der Waals surface area contributed by atoms with Gasteiger partial charge in [-0.2, -0.15) is 5.26 Å². The van der Waals surface area contributed by atoms with Crippen molar-refractivity contribution >= 4 is 27.8 Å². The molecule has 1 heterocycles. The van der Waals surface area contributed by atoms with Gasteiger partial charge < -0.3 is 14.4 Å². The zero-order valence-corrected chi connectivity index (χ0v) is 16.9. The zero-order valence-electron chi connectivity index (χ0n) is 15.4. The molecule has 0 aliphatic carbocycles. The maximum atomic E-state index is 12.7. The van der Waals surface area contributed by atoms with E-state index in [1.165, 1.54) is 6.07 Å². The van der Waals surface area contributed by atoms with Gasteiger partial charge in [-0.3, -0.25) is 9.59 Å². The van der Waals surface area contributed by atoms with Crippen molar-refractivity contribution < 1.29 is 19.1 Å². The number of likely N-dealkylation sites (tertiary alicyclic amines) is 1. The molecule has 0 radical (unpaired) electrons. The molecule has 0 unspecified atom stereocenters. The highest BCUT2D eigenvalue weighted by Crippen LogP contribution is 2.37. The Morgan fingerprint density at radius 1 is 1.32 bits per heavy atom. The Morgan fingerprint density at radius 2 is 2.07 bits per heavy atom. The number of benzene rings is 2. The van der Waals surface area contributed by atoms with Gasteiger partial charge in [0.05, 0.1) is 28.6 Å². The number of ether oxygens (including phenoxy) is 2. The third-order valence-corrected chi connectivity index (χ3v) is 4.99. The molecule has 1 fully saturated rings. The molecule has 0 N–H and O–H groups in total. The van der Waals surface area contributed by atoms with E-state index < -0.39 is 11.9 Å². The van der Waals surface area contributed by atoms with Crippen molar-refractivity contribution in [2.45, 2.75) is 19.9 Å². The van der Waals surface area contributed by atoms with Gasteiger partial charge in [0.2, 0.25) is 5.91 Å². The Bertz CT molecular complexity index is 924. The molecule has 0 spiro atoms. The summed E-state index contributed by atoms with van der Waals surface area (Å²) in [4.78, 5) is 26.7. The van der Waals surface area contributed by atoms with Crippen LogP contribution in [0.3, 0.4) is 0 Å². The standard InChI is InChI=1S/C21H19BrN2O4/c1-2-27-18-9-15(11-23)8-17(22)20(18)28-21(26)16-10-19(25)24(13-16)12-14-6-4-3-5-7-14/h3-9,16H,2,10,12-13H2,1H3/t16-/m0/s1. The van der Waals surface area contributed by atoms with Gasteiger partial charge in [-0.05, 0) is 34.5 Å². The number of hydrogen-bond donors (Lipinski definition) is 0. The first kappa shape index (κ1) is 19.9. The molecule has 1 amide bonds. The Hall–Kier alpha value is -2.85. The number of amides is 1. The van der Waals surface area contributed by atoms with Gasteiger partial charge in [0.15, 0.2) is 11.5 Å². The fourth-order valence-corrected chi connectivity index (χ4v) is 3.59. The molecule has 6 nitrogen and oxygen atoms in total. The number of halogens is 1. The average molecular weight is 443 g/mol. The summed E-state index contributed by atoms with van der Waals surface area (Å²) in [6.45, 7) is 2.94. The molecule has 2 aromatic rings. The van der Waals surface area contributed by atoms with Gasteiger partial charge >= 0.3 is 5.97 Å². The van der Waals surface area contributed by atoms with E-state index in [1.807, 2.05) is 36.4 Å². The van der Waals surface area contributed by atoms with Crippen LogP contribution in [0.2, 0.25) is 0 Å². The smallest absolute Gasteiger partial charge is 0.316 e. The largest absolute Gasteiger partial charge is 0.490 e. The van der Waals surface area contributed by atoms with Crippen molar-refractivity contribution in [2.24, 2.45) is 5.92 Å². The van der Waals surface area contributed by atoms with Crippen molar-refractivity contribution in [1.29, 1.82) is 5.26 Å². The van der Waals surface area contributed by atoms with Gasteiger partial charge in [0, 0.05) is 25.6 Å². The summed E-state index contributed by atoms with van der Waals surface area (Å²) < 4.78 is 11.5. The molecule has 1 aliphatic heterocycles. The minimum Gasteiger partial charge on any atom is -0.490 e. The number of nitriles is 1. The van der Waals surface area contributed by atoms with Gasteiger partial charge in [0.1, 0.15) is 0 Å². The molecule has 28 heavy (non-hydrogen) atoms. The van der Waals surface area contributed by atoms with E-state index in [0.29, 0.717) is 35.5 Å². The van der Waals surface area contributed by atoms with Crippen LogP contribution in [0.15, 0.2) is 46.9 Å². The third kappa shape index (κ3) is 4.52. The predicted molar refractivity (Wildman–Crippen MR) is 106 cm³/mol. The van der Waals surface area contributed by atoms with Crippen LogP contribution in [0.25, 0.3) is 0 Å². The average Bonchev–Trinajstić information content (AvgIpc) is 3.05. The second kappa shape index (κ2) is 8.89. The van der Waals surface area contributed by atoms with Crippen LogP contribution in [0.5, 0.6) is 11.5 Å². The van der Waals surface area contributed by atoms with Crippen LogP contribution in [0.1, 0.15) is 24.5 Å². The van der Waals surface area contributed by atoms with E-state index in [4.69, 9.17) is 14.7 Å². The van der Waals surface area contributed by atoms with Crippen molar-refractivity contribution in [2.75, 3.05) is 13.2 Å². The van der Waals surface area contributed by atoms with Gasteiger partial charge in [-0.15, -0.1) is 0 Å². The second-order valence-electron chi connectivity index (χ2n) is 6.41. The van der Waals surface area contributed by atoms with Crippen LogP contribution >= 0.6 is 15.9 Å². The molecule has 1 saturated heterocycles. The van der Waals surface area contributed by atoms with Gasteiger partial charge in [0.25, 0.3) is 0 Å². The van der Waals surface area contributed by atoms with Crippen molar-refractivity contribution in [3.63, 3.8) is 0 Å². The normalized spacial score (nSPS) is 16.0. The van der Waals surface area contributed by atoms with Crippen LogP contribution < -0.4 is 9.47 Å².